The summed E-state index contributed by atoms with van der Waals surface area (Å²) in [5.74, 6) is -0.0160. The van der Waals surface area contributed by atoms with E-state index < -0.39 is 11.7 Å². The van der Waals surface area contributed by atoms with Gasteiger partial charge in [-0.3, -0.25) is 9.78 Å². The lowest BCUT2D eigenvalue weighted by atomic mass is 10.4. The maximum absolute atomic E-state index is 11.4. The molecule has 2 aromatic heterocycles. The summed E-state index contributed by atoms with van der Waals surface area (Å²) in [4.78, 5) is 21.5. The lowest BCUT2D eigenvalue weighted by Crippen LogP contribution is -2.20. The average Bonchev–Trinajstić information content (AvgIpc) is 2.61. The van der Waals surface area contributed by atoms with E-state index in [2.05, 4.69) is 15.0 Å². The maximum Gasteiger partial charge on any atom is 0.280 e. The van der Waals surface area contributed by atoms with Gasteiger partial charge in [-0.15, -0.1) is 0 Å². The van der Waals surface area contributed by atoms with Crippen LogP contribution in [0, 0.1) is 0 Å². The van der Waals surface area contributed by atoms with E-state index in [1.165, 1.54) is 10.9 Å². The molecule has 0 aliphatic heterocycles. The summed E-state index contributed by atoms with van der Waals surface area (Å²) in [7, 11) is 0. The average molecular weight is 225 g/mol. The van der Waals surface area contributed by atoms with Gasteiger partial charge in [-0.2, -0.15) is 4.98 Å². The van der Waals surface area contributed by atoms with Crippen molar-refractivity contribution in [1.82, 2.24) is 19.5 Å². The van der Waals surface area contributed by atoms with Gasteiger partial charge in [0, 0.05) is 0 Å². The molecule has 0 amide bonds. The van der Waals surface area contributed by atoms with Crippen LogP contribution in [0.4, 0.5) is 5.95 Å². The molecule has 0 saturated carbocycles. The Morgan fingerprint density at radius 2 is 2.38 bits per heavy atom. The zero-order valence-electron chi connectivity index (χ0n) is 8.29. The number of aliphatic hydroxyl groups is 2. The molecule has 86 valence electrons. The highest BCUT2D eigenvalue weighted by Crippen LogP contribution is 2.06. The summed E-state index contributed by atoms with van der Waals surface area (Å²) in [6.45, 7) is -0.277. The first-order valence-electron chi connectivity index (χ1n) is 4.61. The third-order valence-electron chi connectivity index (χ3n) is 2.11. The zero-order chi connectivity index (χ0) is 11.7. The Hall–Kier alpha value is -1.93. The van der Waals surface area contributed by atoms with Crippen LogP contribution in [0.5, 0.6) is 0 Å². The zero-order valence-corrected chi connectivity index (χ0v) is 8.29. The van der Waals surface area contributed by atoms with Crippen molar-refractivity contribution in [1.29, 1.82) is 0 Å². The minimum atomic E-state index is -0.931. The third-order valence-corrected chi connectivity index (χ3v) is 2.11. The van der Waals surface area contributed by atoms with Crippen molar-refractivity contribution in [2.45, 2.75) is 12.6 Å². The second kappa shape index (κ2) is 3.91. The molecule has 0 aliphatic carbocycles. The van der Waals surface area contributed by atoms with Gasteiger partial charge in [-0.05, 0) is 0 Å². The van der Waals surface area contributed by atoms with Crippen LogP contribution in [-0.2, 0) is 6.54 Å². The number of imidazole rings is 1. The summed E-state index contributed by atoms with van der Waals surface area (Å²) in [6, 6.07) is 0. The van der Waals surface area contributed by atoms with Gasteiger partial charge in [0.05, 0.1) is 25.6 Å². The summed E-state index contributed by atoms with van der Waals surface area (Å²) in [5, 5.41) is 18.0. The van der Waals surface area contributed by atoms with Gasteiger partial charge < -0.3 is 20.5 Å². The molecule has 0 aliphatic rings. The molecule has 8 heteroatoms. The van der Waals surface area contributed by atoms with E-state index in [1.807, 2.05) is 0 Å². The van der Waals surface area contributed by atoms with Crippen LogP contribution in [0.1, 0.15) is 0 Å². The Balaban J connectivity index is 2.51. The molecular weight excluding hydrogens is 214 g/mol. The Morgan fingerprint density at radius 1 is 1.62 bits per heavy atom. The number of nitrogens with zero attached hydrogens (tertiary/aromatic N) is 3. The van der Waals surface area contributed by atoms with Gasteiger partial charge in [0.1, 0.15) is 0 Å². The number of rotatable bonds is 3. The number of nitrogen functional groups attached to an aromatic ring is 1. The second-order valence-electron chi connectivity index (χ2n) is 3.36. The standard InChI is InChI=1S/C8H11N5O3/c9-8-11-6-5(7(16)12-8)10-3-13(6)1-4(15)2-14/h3-4,14-15H,1-2H2,(H3,9,11,12,16). The highest BCUT2D eigenvalue weighted by molar-refractivity contribution is 5.70. The topological polar surface area (TPSA) is 130 Å². The summed E-state index contributed by atoms with van der Waals surface area (Å²) < 4.78 is 1.46. The molecule has 5 N–H and O–H groups in total. The molecular formula is C8H11N5O3. The van der Waals surface area contributed by atoms with Crippen LogP contribution >= 0.6 is 0 Å². The molecule has 0 fully saturated rings. The number of nitrogens with one attached hydrogen (secondary N) is 1. The van der Waals surface area contributed by atoms with Crippen LogP contribution in [0.15, 0.2) is 11.1 Å². The first-order valence-corrected chi connectivity index (χ1v) is 4.61. The fourth-order valence-electron chi connectivity index (χ4n) is 1.39. The number of fused-ring (bicyclic) bond motifs is 1. The molecule has 0 radical (unpaired) electrons. The number of hydrogen-bond donors (Lipinski definition) is 4. The number of nitrogens with two attached hydrogens (primary N) is 1. The van der Waals surface area contributed by atoms with Gasteiger partial charge in [-0.1, -0.05) is 0 Å². The van der Waals surface area contributed by atoms with E-state index >= 15 is 0 Å². The van der Waals surface area contributed by atoms with Gasteiger partial charge in [0.15, 0.2) is 11.2 Å². The highest BCUT2D eigenvalue weighted by atomic mass is 16.3. The SMILES string of the molecule is Nc1nc2c(ncn2CC(O)CO)c(=O)[nH]1. The molecule has 2 heterocycles. The van der Waals surface area contributed by atoms with Crippen LogP contribution in [0.3, 0.4) is 0 Å². The highest BCUT2D eigenvalue weighted by Gasteiger charge is 2.11. The summed E-state index contributed by atoms with van der Waals surface area (Å²) >= 11 is 0. The van der Waals surface area contributed by atoms with Gasteiger partial charge in [0.25, 0.3) is 5.56 Å². The van der Waals surface area contributed by atoms with E-state index in [1.54, 1.807) is 0 Å². The smallest absolute Gasteiger partial charge is 0.280 e. The van der Waals surface area contributed by atoms with Crippen molar-refractivity contribution >= 4 is 17.1 Å². The van der Waals surface area contributed by atoms with Crippen LogP contribution < -0.4 is 11.3 Å². The van der Waals surface area contributed by atoms with E-state index in [-0.39, 0.29) is 30.3 Å². The van der Waals surface area contributed by atoms with E-state index in [4.69, 9.17) is 10.8 Å². The number of aromatic nitrogens is 4. The van der Waals surface area contributed by atoms with Crippen molar-refractivity contribution < 1.29 is 10.2 Å². The van der Waals surface area contributed by atoms with Crippen molar-refractivity contribution in [3.05, 3.63) is 16.7 Å². The van der Waals surface area contributed by atoms with Gasteiger partial charge in [-0.25, -0.2) is 4.98 Å². The first-order chi connectivity index (χ1) is 7.61. The van der Waals surface area contributed by atoms with Crippen LogP contribution in [0.2, 0.25) is 0 Å². The molecule has 1 unspecified atom stereocenters. The van der Waals surface area contributed by atoms with Crippen molar-refractivity contribution in [3.63, 3.8) is 0 Å². The third kappa shape index (κ3) is 1.75. The Labute approximate surface area is 89.4 Å². The Kier molecular flexibility index (Phi) is 2.59. The van der Waals surface area contributed by atoms with Crippen LogP contribution in [-0.4, -0.2) is 42.4 Å². The molecule has 2 aromatic rings. The largest absolute Gasteiger partial charge is 0.394 e. The predicted octanol–water partition coefficient (Wildman–Crippen LogP) is -1.94. The quantitative estimate of drug-likeness (QED) is 0.480. The van der Waals surface area contributed by atoms with Crippen LogP contribution in [0.25, 0.3) is 11.2 Å². The molecule has 0 spiro atoms. The van der Waals surface area contributed by atoms with Crippen molar-refractivity contribution in [2.75, 3.05) is 12.3 Å². The molecule has 0 bridgehead atoms. The fraction of sp³-hybridized carbons (Fsp3) is 0.375. The number of aromatic amines is 1. The summed E-state index contributed by atoms with van der Waals surface area (Å²) in [5.41, 5.74) is 5.40. The Morgan fingerprint density at radius 3 is 3.06 bits per heavy atom. The molecule has 2 rings (SSSR count). The minimum absolute atomic E-state index is 0.0160. The van der Waals surface area contributed by atoms with E-state index in [9.17, 15) is 9.90 Å². The van der Waals surface area contributed by atoms with Gasteiger partial charge >= 0.3 is 0 Å². The van der Waals surface area contributed by atoms with Crippen molar-refractivity contribution in [2.24, 2.45) is 0 Å². The van der Waals surface area contributed by atoms with Gasteiger partial charge in [0.2, 0.25) is 5.95 Å². The van der Waals surface area contributed by atoms with E-state index in [0.29, 0.717) is 0 Å². The molecule has 0 aromatic carbocycles. The maximum atomic E-state index is 11.4. The van der Waals surface area contributed by atoms with Crippen molar-refractivity contribution in [3.8, 4) is 0 Å². The number of hydrogen-bond acceptors (Lipinski definition) is 6. The summed E-state index contributed by atoms with van der Waals surface area (Å²) in [6.07, 6.45) is 0.435. The van der Waals surface area contributed by atoms with E-state index in [0.717, 1.165) is 0 Å². The molecule has 16 heavy (non-hydrogen) atoms. The molecule has 8 nitrogen and oxygen atoms in total. The lowest BCUT2D eigenvalue weighted by Gasteiger charge is -2.07. The molecule has 0 saturated heterocycles. The first kappa shape index (κ1) is 10.6. The molecule has 1 atom stereocenters. The fourth-order valence-corrected chi connectivity index (χ4v) is 1.39. The number of aliphatic hydroxyl groups excluding tert-OH is 2. The Bertz CT molecular complexity index is 560. The normalized spacial score (nSPS) is 13.1. The lowest BCUT2D eigenvalue weighted by molar-refractivity contribution is 0.0820. The predicted molar refractivity (Wildman–Crippen MR) is 55.7 cm³/mol. The number of anilines is 1. The number of H-pyrrole nitrogens is 1. The second-order valence-corrected chi connectivity index (χ2v) is 3.36. The minimum Gasteiger partial charge on any atom is -0.394 e. The monoisotopic (exact) mass is 225 g/mol.